The summed E-state index contributed by atoms with van der Waals surface area (Å²) >= 11 is 0.739. The predicted molar refractivity (Wildman–Crippen MR) is 40.2 cm³/mol. The van der Waals surface area contributed by atoms with Crippen molar-refractivity contribution < 1.29 is 0 Å². The van der Waals surface area contributed by atoms with Gasteiger partial charge in [0.25, 0.3) is 0 Å². The molecule has 0 fully saturated rings. The van der Waals surface area contributed by atoms with Crippen LogP contribution < -0.4 is 0 Å². The second-order valence-corrected chi connectivity index (χ2v) is 3.83. The normalized spacial score (nSPS) is 10.1. The number of rotatable bonds is 4. The van der Waals surface area contributed by atoms with Crippen LogP contribution in [0.15, 0.2) is 23.7 Å². The zero-order valence-corrected chi connectivity index (χ0v) is 6.97. The Bertz CT molecular complexity index is 74.5. The first kappa shape index (κ1) is 8.00. The van der Waals surface area contributed by atoms with Crippen LogP contribution in [0.25, 0.3) is 0 Å². The third-order valence-corrected chi connectivity index (χ3v) is 2.17. The molecule has 1 heteroatoms. The molecule has 8 heavy (non-hydrogen) atoms. The van der Waals surface area contributed by atoms with Crippen LogP contribution in [0.3, 0.4) is 0 Å². The Hall–Kier alpha value is -0.000519. The maximum atomic E-state index is 3.61. The molecule has 0 amide bonds. The molecule has 0 saturated heterocycles. The van der Waals surface area contributed by atoms with E-state index in [1.807, 2.05) is 6.08 Å². The fourth-order valence-corrected chi connectivity index (χ4v) is 1.24. The molecule has 0 spiro atoms. The third kappa shape index (κ3) is 6.00. The monoisotopic (exact) mass is 176 g/mol. The molecule has 0 radical (unpaired) electrons. The van der Waals surface area contributed by atoms with Gasteiger partial charge in [-0.15, -0.1) is 0 Å². The number of hydrogen-bond donors (Lipinski definition) is 0. The van der Waals surface area contributed by atoms with Crippen molar-refractivity contribution in [2.75, 3.05) is 0 Å². The van der Waals surface area contributed by atoms with Gasteiger partial charge in [-0.1, -0.05) is 0 Å². The average Bonchev–Trinajstić information content (AvgIpc) is 1.81. The van der Waals surface area contributed by atoms with Gasteiger partial charge < -0.3 is 0 Å². The van der Waals surface area contributed by atoms with E-state index < -0.39 is 0 Å². The summed E-state index contributed by atoms with van der Waals surface area (Å²) in [5.74, 6) is 0. The summed E-state index contributed by atoms with van der Waals surface area (Å²) in [7, 11) is 0. The summed E-state index contributed by atoms with van der Waals surface area (Å²) in [4.78, 5) is 2.26. The molecular weight excluding hydrogens is 163 g/mol. The van der Waals surface area contributed by atoms with Crippen LogP contribution in [0.2, 0.25) is 5.32 Å². The molecule has 0 N–H and O–H groups in total. The summed E-state index contributed by atoms with van der Waals surface area (Å²) in [6.07, 6.45) is 5.13. The molecule has 0 atom stereocenters. The molecule has 0 aromatic rings. The van der Waals surface area contributed by atoms with Crippen LogP contribution in [-0.4, -0.2) is 15.0 Å². The van der Waals surface area contributed by atoms with E-state index in [1.165, 1.54) is 5.32 Å². The first-order valence-corrected chi connectivity index (χ1v) is 4.99. The van der Waals surface area contributed by atoms with Crippen molar-refractivity contribution in [2.45, 2.75) is 18.7 Å². The van der Waals surface area contributed by atoms with E-state index >= 15 is 0 Å². The van der Waals surface area contributed by atoms with Crippen molar-refractivity contribution in [3.63, 3.8) is 0 Å². The Morgan fingerprint density at radius 1 is 1.62 bits per heavy atom. The summed E-state index contributed by atoms with van der Waals surface area (Å²) in [5.41, 5.74) is 0. The Morgan fingerprint density at radius 2 is 2.38 bits per heavy atom. The van der Waals surface area contributed by atoms with Crippen LogP contribution in [0.1, 0.15) is 13.3 Å². The van der Waals surface area contributed by atoms with E-state index in [4.69, 9.17) is 0 Å². The van der Waals surface area contributed by atoms with E-state index in [9.17, 15) is 0 Å². The topological polar surface area (TPSA) is 0 Å². The van der Waals surface area contributed by atoms with Crippen molar-refractivity contribution in [3.8, 4) is 0 Å². The van der Waals surface area contributed by atoms with Crippen molar-refractivity contribution >= 4 is 15.0 Å². The molecule has 0 aromatic heterocycles. The zero-order valence-electron chi connectivity index (χ0n) is 5.26. The van der Waals surface area contributed by atoms with Crippen LogP contribution in [-0.2, 0) is 0 Å². The Labute approximate surface area is 57.8 Å². The van der Waals surface area contributed by atoms with E-state index in [1.54, 1.807) is 0 Å². The zero-order chi connectivity index (χ0) is 6.24. The van der Waals surface area contributed by atoms with Gasteiger partial charge in [0.1, 0.15) is 0 Å². The quantitative estimate of drug-likeness (QED) is 0.454. The molecule has 0 rings (SSSR count). The van der Waals surface area contributed by atoms with Gasteiger partial charge in [0, 0.05) is 0 Å². The third-order valence-electron chi connectivity index (χ3n) is 0.662. The van der Waals surface area contributed by atoms with Gasteiger partial charge in [-0.3, -0.25) is 0 Å². The standard InChI is InChI=1S/C7H12Se/c1-3-5-6-7-8-4-2/h3,6-7H,1,4-5H2,2H3/b7-6-. The van der Waals surface area contributed by atoms with E-state index in [2.05, 4.69) is 24.6 Å². The second kappa shape index (κ2) is 7.00. The first-order valence-electron chi connectivity index (χ1n) is 2.79. The molecule has 0 aliphatic carbocycles. The minimum atomic E-state index is 0.739. The van der Waals surface area contributed by atoms with Crippen molar-refractivity contribution in [2.24, 2.45) is 0 Å². The minimum absolute atomic E-state index is 0.739. The van der Waals surface area contributed by atoms with E-state index in [-0.39, 0.29) is 0 Å². The van der Waals surface area contributed by atoms with Gasteiger partial charge in [0.2, 0.25) is 0 Å². The molecule has 0 saturated carbocycles. The Morgan fingerprint density at radius 3 is 2.88 bits per heavy atom. The van der Waals surface area contributed by atoms with E-state index in [0.29, 0.717) is 0 Å². The molecule has 0 nitrogen and oxygen atoms in total. The van der Waals surface area contributed by atoms with Crippen LogP contribution >= 0.6 is 0 Å². The fraction of sp³-hybridized carbons (Fsp3) is 0.429. The van der Waals surface area contributed by atoms with Gasteiger partial charge >= 0.3 is 57.3 Å². The molecule has 0 aromatic carbocycles. The molecule has 46 valence electrons. The molecular formula is C7H12Se. The van der Waals surface area contributed by atoms with Gasteiger partial charge in [0.15, 0.2) is 0 Å². The summed E-state index contributed by atoms with van der Waals surface area (Å²) in [6.45, 7) is 5.82. The Kier molecular flexibility index (Phi) is 7.00. The number of hydrogen-bond acceptors (Lipinski definition) is 0. The van der Waals surface area contributed by atoms with Crippen LogP contribution in [0.4, 0.5) is 0 Å². The van der Waals surface area contributed by atoms with Crippen molar-refractivity contribution in [1.82, 2.24) is 0 Å². The van der Waals surface area contributed by atoms with Crippen LogP contribution in [0.5, 0.6) is 0 Å². The van der Waals surface area contributed by atoms with E-state index in [0.717, 1.165) is 21.4 Å². The SMILES string of the molecule is C=CC/C=C\[Se]CC. The van der Waals surface area contributed by atoms with Crippen molar-refractivity contribution in [1.29, 1.82) is 0 Å². The van der Waals surface area contributed by atoms with Gasteiger partial charge in [-0.2, -0.15) is 0 Å². The average molecular weight is 175 g/mol. The molecule has 0 unspecified atom stereocenters. The summed E-state index contributed by atoms with van der Waals surface area (Å²) in [5, 5.41) is 1.31. The number of allylic oxidation sites excluding steroid dienone is 2. The fourth-order valence-electron chi connectivity index (χ4n) is 0.316. The molecule has 0 bridgehead atoms. The van der Waals surface area contributed by atoms with Crippen molar-refractivity contribution in [3.05, 3.63) is 23.7 Å². The van der Waals surface area contributed by atoms with Crippen LogP contribution in [0, 0.1) is 0 Å². The molecule has 0 aliphatic heterocycles. The predicted octanol–water partition coefficient (Wildman–Crippen LogP) is 2.22. The first-order chi connectivity index (χ1) is 3.91. The molecule has 0 heterocycles. The maximum absolute atomic E-state index is 3.61. The van der Waals surface area contributed by atoms with Gasteiger partial charge in [-0.25, -0.2) is 0 Å². The van der Waals surface area contributed by atoms with Gasteiger partial charge in [-0.05, 0) is 0 Å². The van der Waals surface area contributed by atoms with Gasteiger partial charge in [0.05, 0.1) is 0 Å². The molecule has 0 aliphatic rings. The Balaban J connectivity index is 2.94. The summed E-state index contributed by atoms with van der Waals surface area (Å²) < 4.78 is 0. The second-order valence-electron chi connectivity index (χ2n) is 1.35. The summed E-state index contributed by atoms with van der Waals surface area (Å²) in [6, 6.07) is 0.